The molecule has 2 aliphatic carbocycles. The van der Waals surface area contributed by atoms with E-state index in [0.29, 0.717) is 11.8 Å². The fourth-order valence-electron chi connectivity index (χ4n) is 3.81. The summed E-state index contributed by atoms with van der Waals surface area (Å²) < 4.78 is 5.82. The summed E-state index contributed by atoms with van der Waals surface area (Å²) in [4.78, 5) is 0. The summed E-state index contributed by atoms with van der Waals surface area (Å²) >= 11 is 0. The van der Waals surface area contributed by atoms with Crippen molar-refractivity contribution in [2.24, 2.45) is 0 Å². The van der Waals surface area contributed by atoms with E-state index in [1.807, 2.05) is 7.11 Å². The van der Waals surface area contributed by atoms with Gasteiger partial charge >= 0.3 is 0 Å². The van der Waals surface area contributed by atoms with Gasteiger partial charge in [-0.25, -0.2) is 0 Å². The third kappa shape index (κ3) is 0.971. The van der Waals surface area contributed by atoms with E-state index in [-0.39, 0.29) is 5.60 Å². The van der Waals surface area contributed by atoms with Gasteiger partial charge in [0.1, 0.15) is 0 Å². The molecule has 15 heavy (non-hydrogen) atoms. The molecule has 0 amide bonds. The van der Waals surface area contributed by atoms with Crippen LogP contribution in [0.4, 0.5) is 0 Å². The van der Waals surface area contributed by atoms with Crippen molar-refractivity contribution < 1.29 is 4.74 Å². The van der Waals surface area contributed by atoms with Crippen LogP contribution in [0.5, 0.6) is 0 Å². The lowest BCUT2D eigenvalue weighted by Crippen LogP contribution is -2.30. The van der Waals surface area contributed by atoms with Crippen molar-refractivity contribution in [1.82, 2.24) is 0 Å². The quantitative estimate of drug-likeness (QED) is 0.678. The van der Waals surface area contributed by atoms with Crippen LogP contribution >= 0.6 is 0 Å². The summed E-state index contributed by atoms with van der Waals surface area (Å²) in [6, 6.07) is 6.71. The molecule has 1 aromatic carbocycles. The van der Waals surface area contributed by atoms with E-state index < -0.39 is 0 Å². The topological polar surface area (TPSA) is 9.23 Å². The second kappa shape index (κ2) is 2.85. The summed E-state index contributed by atoms with van der Waals surface area (Å²) in [5.74, 6) is 1.26. The second-order valence-electron chi connectivity index (χ2n) is 5.15. The van der Waals surface area contributed by atoms with Gasteiger partial charge in [-0.15, -0.1) is 0 Å². The normalized spacial score (nSPS) is 37.0. The minimum atomic E-state index is 0.0639. The van der Waals surface area contributed by atoms with Crippen LogP contribution in [0.2, 0.25) is 0 Å². The predicted molar refractivity (Wildman–Crippen MR) is 61.3 cm³/mol. The maximum absolute atomic E-state index is 5.82. The summed E-state index contributed by atoms with van der Waals surface area (Å²) in [6.45, 7) is 4.52. The van der Waals surface area contributed by atoms with Gasteiger partial charge in [0.2, 0.25) is 0 Å². The van der Waals surface area contributed by atoms with Crippen LogP contribution in [0, 0.1) is 6.92 Å². The minimum absolute atomic E-state index is 0.0639. The van der Waals surface area contributed by atoms with Crippen molar-refractivity contribution in [3.8, 4) is 0 Å². The van der Waals surface area contributed by atoms with Gasteiger partial charge in [-0.3, -0.25) is 0 Å². The smallest absolute Gasteiger partial charge is 0.0787 e. The van der Waals surface area contributed by atoms with Crippen LogP contribution < -0.4 is 0 Å². The number of methoxy groups -OCH3 is 1. The highest BCUT2D eigenvalue weighted by molar-refractivity contribution is 5.50. The first-order valence-electron chi connectivity index (χ1n) is 5.83. The lowest BCUT2D eigenvalue weighted by molar-refractivity contribution is -0.00626. The summed E-state index contributed by atoms with van der Waals surface area (Å²) in [6.07, 6.45) is 2.60. The number of ether oxygens (including phenoxy) is 1. The van der Waals surface area contributed by atoms with E-state index in [2.05, 4.69) is 32.0 Å². The SMILES string of the molecule is COC1(C)C2CCC1c1c(C)cccc12. The maximum Gasteiger partial charge on any atom is 0.0787 e. The van der Waals surface area contributed by atoms with Crippen LogP contribution in [0.3, 0.4) is 0 Å². The Hall–Kier alpha value is -0.820. The first-order chi connectivity index (χ1) is 7.18. The fourth-order valence-corrected chi connectivity index (χ4v) is 3.81. The van der Waals surface area contributed by atoms with Crippen LogP contribution in [-0.4, -0.2) is 12.7 Å². The van der Waals surface area contributed by atoms with Crippen LogP contribution in [0.25, 0.3) is 0 Å². The van der Waals surface area contributed by atoms with Gasteiger partial charge in [0.25, 0.3) is 0 Å². The highest BCUT2D eigenvalue weighted by Gasteiger charge is 2.55. The highest BCUT2D eigenvalue weighted by Crippen LogP contribution is 2.61. The third-order valence-corrected chi connectivity index (χ3v) is 4.65. The van der Waals surface area contributed by atoms with Crippen LogP contribution in [0.15, 0.2) is 18.2 Å². The molecule has 0 N–H and O–H groups in total. The lowest BCUT2D eigenvalue weighted by atomic mass is 9.88. The Labute approximate surface area is 91.5 Å². The van der Waals surface area contributed by atoms with E-state index in [9.17, 15) is 0 Å². The van der Waals surface area contributed by atoms with Crippen molar-refractivity contribution >= 4 is 0 Å². The molecule has 3 atom stereocenters. The van der Waals surface area contributed by atoms with Crippen molar-refractivity contribution in [2.45, 2.75) is 44.1 Å². The molecule has 0 radical (unpaired) electrons. The second-order valence-corrected chi connectivity index (χ2v) is 5.15. The molecule has 1 nitrogen and oxygen atoms in total. The molecule has 0 saturated heterocycles. The Morgan fingerprint density at radius 2 is 2.00 bits per heavy atom. The molecule has 3 unspecified atom stereocenters. The molecule has 1 aromatic rings. The van der Waals surface area contributed by atoms with E-state index >= 15 is 0 Å². The van der Waals surface area contributed by atoms with Gasteiger partial charge in [0, 0.05) is 18.9 Å². The maximum atomic E-state index is 5.82. The number of rotatable bonds is 1. The zero-order valence-electron chi connectivity index (χ0n) is 9.71. The van der Waals surface area contributed by atoms with Gasteiger partial charge in [-0.1, -0.05) is 18.2 Å². The first-order valence-corrected chi connectivity index (χ1v) is 5.83. The number of fused-ring (bicyclic) bond motifs is 5. The third-order valence-electron chi connectivity index (χ3n) is 4.65. The Morgan fingerprint density at radius 1 is 1.27 bits per heavy atom. The average molecular weight is 202 g/mol. The largest absolute Gasteiger partial charge is 0.377 e. The molecule has 0 aliphatic heterocycles. The number of hydrogen-bond acceptors (Lipinski definition) is 1. The average Bonchev–Trinajstić information content (AvgIpc) is 2.70. The molecule has 2 bridgehead atoms. The van der Waals surface area contributed by atoms with Gasteiger partial charge in [-0.05, 0) is 43.4 Å². The summed E-state index contributed by atoms with van der Waals surface area (Å²) in [5.41, 5.74) is 4.64. The minimum Gasteiger partial charge on any atom is -0.377 e. The molecule has 0 aromatic heterocycles. The molecule has 0 spiro atoms. The Bertz CT molecular complexity index is 410. The van der Waals surface area contributed by atoms with Crippen LogP contribution in [0.1, 0.15) is 48.3 Å². The summed E-state index contributed by atoms with van der Waals surface area (Å²) in [7, 11) is 1.87. The van der Waals surface area contributed by atoms with E-state index in [1.165, 1.54) is 18.4 Å². The Kier molecular flexibility index (Phi) is 1.79. The highest BCUT2D eigenvalue weighted by atomic mass is 16.5. The lowest BCUT2D eigenvalue weighted by Gasteiger charge is -2.28. The molecule has 80 valence electrons. The molecule has 1 fully saturated rings. The van der Waals surface area contributed by atoms with Gasteiger partial charge < -0.3 is 4.74 Å². The van der Waals surface area contributed by atoms with E-state index in [1.54, 1.807) is 11.1 Å². The Morgan fingerprint density at radius 3 is 2.67 bits per heavy atom. The van der Waals surface area contributed by atoms with E-state index in [4.69, 9.17) is 4.74 Å². The molecule has 1 saturated carbocycles. The number of aryl methyl sites for hydroxylation is 1. The number of hydrogen-bond donors (Lipinski definition) is 0. The first kappa shape index (κ1) is 9.41. The summed E-state index contributed by atoms with van der Waals surface area (Å²) in [5, 5.41) is 0. The van der Waals surface area contributed by atoms with Gasteiger partial charge in [-0.2, -0.15) is 0 Å². The van der Waals surface area contributed by atoms with Crippen molar-refractivity contribution in [3.63, 3.8) is 0 Å². The fraction of sp³-hybridized carbons (Fsp3) is 0.571. The molecular formula is C14H18O. The van der Waals surface area contributed by atoms with E-state index in [0.717, 1.165) is 0 Å². The molecular weight excluding hydrogens is 184 g/mol. The van der Waals surface area contributed by atoms with Crippen molar-refractivity contribution in [1.29, 1.82) is 0 Å². The standard InChI is InChI=1S/C14H18O/c1-9-5-4-6-10-11-7-8-12(13(9)10)14(11,2)15-3/h4-6,11-12H,7-8H2,1-3H3. The van der Waals surface area contributed by atoms with Gasteiger partial charge in [0.15, 0.2) is 0 Å². The zero-order chi connectivity index (χ0) is 10.6. The predicted octanol–water partition coefficient (Wildman–Crippen LogP) is 3.37. The molecule has 1 heteroatoms. The van der Waals surface area contributed by atoms with Crippen LogP contribution in [-0.2, 0) is 4.74 Å². The monoisotopic (exact) mass is 202 g/mol. The molecule has 2 aliphatic rings. The van der Waals surface area contributed by atoms with Crippen molar-refractivity contribution in [2.75, 3.05) is 7.11 Å². The zero-order valence-corrected chi connectivity index (χ0v) is 9.71. The molecule has 3 rings (SSSR count). The van der Waals surface area contributed by atoms with Gasteiger partial charge in [0.05, 0.1) is 5.60 Å². The molecule has 0 heterocycles. The Balaban J connectivity index is 2.21. The number of benzene rings is 1. The van der Waals surface area contributed by atoms with Crippen molar-refractivity contribution in [3.05, 3.63) is 34.9 Å².